The van der Waals surface area contributed by atoms with E-state index in [9.17, 15) is 4.79 Å². The number of nitrogens with zero attached hydrogens (tertiary/aromatic N) is 1. The Kier molecular flexibility index (Phi) is 6.85. The van der Waals surface area contributed by atoms with Gasteiger partial charge in [-0.2, -0.15) is 0 Å². The number of ether oxygens (including phenoxy) is 3. The minimum atomic E-state index is -0.332. The molecule has 0 saturated heterocycles. The fourth-order valence-electron chi connectivity index (χ4n) is 1.94. The Morgan fingerprint density at radius 1 is 1.12 bits per heavy atom. The van der Waals surface area contributed by atoms with Gasteiger partial charge in [0.1, 0.15) is 18.0 Å². The maximum atomic E-state index is 12.0. The van der Waals surface area contributed by atoms with Crippen LogP contribution in [0.2, 0.25) is 0 Å². The molecule has 0 aliphatic heterocycles. The Labute approximate surface area is 140 Å². The Bertz CT molecular complexity index is 647. The summed E-state index contributed by atoms with van der Waals surface area (Å²) in [5, 5.41) is 5.48. The molecule has 1 aromatic carbocycles. The van der Waals surface area contributed by atoms with Crippen LogP contribution in [0.15, 0.2) is 42.6 Å². The molecule has 2 N–H and O–H groups in total. The van der Waals surface area contributed by atoms with Crippen molar-refractivity contribution >= 4 is 11.7 Å². The molecule has 0 fully saturated rings. The number of hydrogen-bond donors (Lipinski definition) is 2. The highest BCUT2D eigenvalue weighted by atomic mass is 16.5. The Balaban J connectivity index is 1.81. The summed E-state index contributed by atoms with van der Waals surface area (Å²) in [6.45, 7) is 1.44. The summed E-state index contributed by atoms with van der Waals surface area (Å²) in [6, 6.07) is 10.6. The van der Waals surface area contributed by atoms with Gasteiger partial charge in [0.25, 0.3) is 0 Å². The molecule has 2 rings (SSSR count). The average molecular weight is 331 g/mol. The van der Waals surface area contributed by atoms with Crippen LogP contribution in [-0.2, 0) is 11.3 Å². The van der Waals surface area contributed by atoms with Crippen LogP contribution in [0.25, 0.3) is 0 Å². The summed E-state index contributed by atoms with van der Waals surface area (Å²) < 4.78 is 15.5. The predicted octanol–water partition coefficient (Wildman–Crippen LogP) is 2.44. The van der Waals surface area contributed by atoms with Crippen molar-refractivity contribution in [1.82, 2.24) is 10.3 Å². The standard InChI is InChI=1S/C17H21N3O4/c1-22-10-11-24-14-7-5-13(6-8-14)12-19-17(21)20-15-4-3-9-18-16(15)23-2/h3-9H,10-12H2,1-2H3,(H2,19,20,21). The lowest BCUT2D eigenvalue weighted by atomic mass is 10.2. The number of carbonyl (C=O) groups is 1. The predicted molar refractivity (Wildman–Crippen MR) is 90.5 cm³/mol. The van der Waals surface area contributed by atoms with Gasteiger partial charge >= 0.3 is 6.03 Å². The molecule has 1 aromatic heterocycles. The van der Waals surface area contributed by atoms with Crippen molar-refractivity contribution < 1.29 is 19.0 Å². The molecule has 7 heteroatoms. The molecule has 0 aliphatic carbocycles. The van der Waals surface area contributed by atoms with Crippen molar-refractivity contribution in [2.24, 2.45) is 0 Å². The van der Waals surface area contributed by atoms with Gasteiger partial charge in [0.05, 0.1) is 13.7 Å². The van der Waals surface area contributed by atoms with E-state index in [-0.39, 0.29) is 6.03 Å². The second-order valence-electron chi connectivity index (χ2n) is 4.85. The molecule has 7 nitrogen and oxygen atoms in total. The molecule has 0 radical (unpaired) electrons. The van der Waals surface area contributed by atoms with Crippen LogP contribution in [0.5, 0.6) is 11.6 Å². The molecule has 0 spiro atoms. The number of amides is 2. The second kappa shape index (κ2) is 9.36. The highest BCUT2D eigenvalue weighted by Crippen LogP contribution is 2.19. The number of benzene rings is 1. The van der Waals surface area contributed by atoms with Crippen molar-refractivity contribution in [3.63, 3.8) is 0 Å². The summed E-state index contributed by atoms with van der Waals surface area (Å²) in [4.78, 5) is 16.0. The van der Waals surface area contributed by atoms with Gasteiger partial charge in [-0.15, -0.1) is 0 Å². The third kappa shape index (κ3) is 5.44. The normalized spacial score (nSPS) is 10.1. The topological polar surface area (TPSA) is 81.7 Å². The van der Waals surface area contributed by atoms with E-state index >= 15 is 0 Å². The fourth-order valence-corrected chi connectivity index (χ4v) is 1.94. The van der Waals surface area contributed by atoms with Crippen LogP contribution < -0.4 is 20.1 Å². The maximum Gasteiger partial charge on any atom is 0.319 e. The average Bonchev–Trinajstić information content (AvgIpc) is 2.62. The Morgan fingerprint density at radius 3 is 2.62 bits per heavy atom. The number of rotatable bonds is 8. The number of hydrogen-bond acceptors (Lipinski definition) is 5. The molecule has 0 unspecified atom stereocenters. The van der Waals surface area contributed by atoms with E-state index < -0.39 is 0 Å². The molecular weight excluding hydrogens is 310 g/mol. The third-order valence-corrected chi connectivity index (χ3v) is 3.15. The summed E-state index contributed by atoms with van der Waals surface area (Å²) in [5.74, 6) is 1.13. The number of anilines is 1. The van der Waals surface area contributed by atoms with Gasteiger partial charge in [-0.1, -0.05) is 12.1 Å². The number of methoxy groups -OCH3 is 2. The number of pyridine rings is 1. The summed E-state index contributed by atoms with van der Waals surface area (Å²) in [5.41, 5.74) is 1.47. The number of carbonyl (C=O) groups excluding carboxylic acids is 1. The zero-order valence-corrected chi connectivity index (χ0v) is 13.7. The van der Waals surface area contributed by atoms with Gasteiger partial charge in [-0.05, 0) is 29.8 Å². The first kappa shape index (κ1) is 17.6. The highest BCUT2D eigenvalue weighted by Gasteiger charge is 2.07. The fraction of sp³-hybridized carbons (Fsp3) is 0.294. The van der Waals surface area contributed by atoms with E-state index in [1.807, 2.05) is 24.3 Å². The first-order chi connectivity index (χ1) is 11.7. The quantitative estimate of drug-likeness (QED) is 0.726. The molecule has 2 aromatic rings. The van der Waals surface area contributed by atoms with Crippen molar-refractivity contribution in [2.75, 3.05) is 32.8 Å². The molecule has 128 valence electrons. The van der Waals surface area contributed by atoms with E-state index in [0.717, 1.165) is 11.3 Å². The van der Waals surface area contributed by atoms with Crippen LogP contribution in [0, 0.1) is 0 Å². The molecule has 0 bridgehead atoms. The van der Waals surface area contributed by atoms with E-state index in [1.165, 1.54) is 7.11 Å². The van der Waals surface area contributed by atoms with Crippen LogP contribution >= 0.6 is 0 Å². The molecule has 2 amide bonds. The molecule has 24 heavy (non-hydrogen) atoms. The summed E-state index contributed by atoms with van der Waals surface area (Å²) in [7, 11) is 3.13. The van der Waals surface area contributed by atoms with Crippen molar-refractivity contribution in [2.45, 2.75) is 6.54 Å². The molecule has 0 aliphatic rings. The Morgan fingerprint density at radius 2 is 1.92 bits per heavy atom. The van der Waals surface area contributed by atoms with E-state index in [0.29, 0.717) is 31.3 Å². The van der Waals surface area contributed by atoms with Crippen LogP contribution in [0.3, 0.4) is 0 Å². The Hall–Kier alpha value is -2.80. The van der Waals surface area contributed by atoms with Crippen molar-refractivity contribution in [1.29, 1.82) is 0 Å². The van der Waals surface area contributed by atoms with E-state index in [2.05, 4.69) is 15.6 Å². The highest BCUT2D eigenvalue weighted by molar-refractivity contribution is 5.90. The minimum absolute atomic E-state index is 0.332. The van der Waals surface area contributed by atoms with E-state index in [1.54, 1.807) is 25.4 Å². The lowest BCUT2D eigenvalue weighted by Gasteiger charge is -2.10. The van der Waals surface area contributed by atoms with Crippen LogP contribution in [0.1, 0.15) is 5.56 Å². The lowest BCUT2D eigenvalue weighted by molar-refractivity contribution is 0.146. The number of urea groups is 1. The zero-order valence-electron chi connectivity index (χ0n) is 13.7. The molecule has 0 atom stereocenters. The lowest BCUT2D eigenvalue weighted by Crippen LogP contribution is -2.28. The maximum absolute atomic E-state index is 12.0. The first-order valence-electron chi connectivity index (χ1n) is 7.47. The number of nitrogens with one attached hydrogen (secondary N) is 2. The van der Waals surface area contributed by atoms with Gasteiger partial charge in [0.15, 0.2) is 0 Å². The molecular formula is C17H21N3O4. The van der Waals surface area contributed by atoms with Gasteiger partial charge in [0.2, 0.25) is 5.88 Å². The monoisotopic (exact) mass is 331 g/mol. The zero-order chi connectivity index (χ0) is 17.2. The van der Waals surface area contributed by atoms with Crippen molar-refractivity contribution in [3.05, 3.63) is 48.2 Å². The molecule has 1 heterocycles. The van der Waals surface area contributed by atoms with Gasteiger partial charge < -0.3 is 24.8 Å². The summed E-state index contributed by atoms with van der Waals surface area (Å²) >= 11 is 0. The van der Waals surface area contributed by atoms with Crippen molar-refractivity contribution in [3.8, 4) is 11.6 Å². The first-order valence-corrected chi connectivity index (χ1v) is 7.47. The largest absolute Gasteiger partial charge is 0.491 e. The van der Waals surface area contributed by atoms with Gasteiger partial charge in [-0.25, -0.2) is 9.78 Å². The van der Waals surface area contributed by atoms with Gasteiger partial charge in [0, 0.05) is 19.9 Å². The van der Waals surface area contributed by atoms with E-state index in [4.69, 9.17) is 14.2 Å². The number of aromatic nitrogens is 1. The summed E-state index contributed by atoms with van der Waals surface area (Å²) in [6.07, 6.45) is 1.60. The van der Waals surface area contributed by atoms with Crippen LogP contribution in [-0.4, -0.2) is 38.4 Å². The SMILES string of the molecule is COCCOc1ccc(CNC(=O)Nc2cccnc2OC)cc1. The minimum Gasteiger partial charge on any atom is -0.491 e. The second-order valence-corrected chi connectivity index (χ2v) is 4.85. The van der Waals surface area contributed by atoms with Crippen LogP contribution in [0.4, 0.5) is 10.5 Å². The molecule has 0 saturated carbocycles. The van der Waals surface area contributed by atoms with Gasteiger partial charge in [-0.3, -0.25) is 0 Å². The smallest absolute Gasteiger partial charge is 0.319 e. The third-order valence-electron chi connectivity index (χ3n) is 3.15.